The minimum Gasteiger partial charge on any atom is -0.311 e. The van der Waals surface area contributed by atoms with E-state index in [1.165, 1.54) is 6.42 Å². The van der Waals surface area contributed by atoms with E-state index in [0.29, 0.717) is 29.8 Å². The Morgan fingerprint density at radius 3 is 2.57 bits per heavy atom. The molecule has 8 heteroatoms. The average Bonchev–Trinajstić information content (AvgIpc) is 2.95. The fraction of sp³-hybridized carbons (Fsp3) is 0.500. The summed E-state index contributed by atoms with van der Waals surface area (Å²) < 4.78 is 0. The molecule has 4 amide bonds. The van der Waals surface area contributed by atoms with Gasteiger partial charge in [-0.2, -0.15) is 0 Å². The molecule has 6 rings (SSSR count). The first-order valence-corrected chi connectivity index (χ1v) is 9.84. The normalized spacial score (nSPS) is 30.0. The molecule has 1 aromatic carbocycles. The minimum absolute atomic E-state index is 0.126. The summed E-state index contributed by atoms with van der Waals surface area (Å²) in [5.74, 6) is -1.82. The summed E-state index contributed by atoms with van der Waals surface area (Å²) in [6.07, 6.45) is 2.62. The number of nitrogens with zero attached hydrogens (tertiary/aromatic N) is 2. The fourth-order valence-electron chi connectivity index (χ4n) is 4.93. The Morgan fingerprint density at radius 1 is 1.04 bits per heavy atom. The summed E-state index contributed by atoms with van der Waals surface area (Å²) in [7, 11) is 0. The van der Waals surface area contributed by atoms with Gasteiger partial charge in [-0.1, -0.05) is 12.1 Å². The Bertz CT molecular complexity index is 890. The lowest BCUT2D eigenvalue weighted by Gasteiger charge is -2.46. The number of hydrogen-bond acceptors (Lipinski definition) is 6. The largest absolute Gasteiger partial charge is 0.311 e. The van der Waals surface area contributed by atoms with E-state index in [9.17, 15) is 19.2 Å². The molecule has 0 aromatic heterocycles. The molecule has 4 fully saturated rings. The van der Waals surface area contributed by atoms with Crippen molar-refractivity contribution < 1.29 is 19.2 Å². The van der Waals surface area contributed by atoms with Crippen molar-refractivity contribution in [3.63, 3.8) is 0 Å². The van der Waals surface area contributed by atoms with E-state index in [4.69, 9.17) is 0 Å². The van der Waals surface area contributed by atoms with Crippen molar-refractivity contribution in [2.45, 2.75) is 50.4 Å². The monoisotopic (exact) mass is 382 g/mol. The van der Waals surface area contributed by atoms with Crippen molar-refractivity contribution >= 4 is 23.6 Å². The number of carbonyl (C=O) groups is 4. The molecule has 146 valence electrons. The summed E-state index contributed by atoms with van der Waals surface area (Å²) in [5, 5.41) is 5.75. The lowest BCUT2D eigenvalue weighted by molar-refractivity contribution is -0.136. The highest BCUT2D eigenvalue weighted by Crippen LogP contribution is 2.32. The van der Waals surface area contributed by atoms with E-state index >= 15 is 0 Å². The molecule has 0 saturated carbocycles. The van der Waals surface area contributed by atoms with Crippen LogP contribution in [0.4, 0.5) is 0 Å². The van der Waals surface area contributed by atoms with Gasteiger partial charge in [0.25, 0.3) is 11.8 Å². The second kappa shape index (κ2) is 6.49. The highest BCUT2D eigenvalue weighted by molar-refractivity contribution is 6.24. The number of benzene rings is 1. The quantitative estimate of drug-likeness (QED) is 0.716. The molecule has 8 nitrogen and oxygen atoms in total. The van der Waals surface area contributed by atoms with Gasteiger partial charge in [-0.3, -0.25) is 34.3 Å². The molecule has 3 unspecified atom stereocenters. The molecule has 0 radical (unpaired) electrons. The number of fused-ring (bicyclic) bond motifs is 4. The van der Waals surface area contributed by atoms with Crippen LogP contribution in [0.25, 0.3) is 0 Å². The first-order valence-electron chi connectivity index (χ1n) is 9.84. The van der Waals surface area contributed by atoms with Gasteiger partial charge in [0.15, 0.2) is 0 Å². The van der Waals surface area contributed by atoms with Crippen LogP contribution in [0.1, 0.15) is 52.0 Å². The van der Waals surface area contributed by atoms with Crippen molar-refractivity contribution in [1.29, 1.82) is 0 Å². The number of hydrogen-bond donors (Lipinski definition) is 2. The molecule has 5 aliphatic heterocycles. The van der Waals surface area contributed by atoms with Gasteiger partial charge < -0.3 is 5.32 Å². The molecule has 5 aliphatic rings. The van der Waals surface area contributed by atoms with Crippen molar-refractivity contribution in [3.8, 4) is 0 Å². The molecule has 5 heterocycles. The Balaban J connectivity index is 1.43. The Labute approximate surface area is 162 Å². The number of piperazine rings is 1. The fourth-order valence-corrected chi connectivity index (χ4v) is 4.93. The number of rotatable bonds is 3. The maximum Gasteiger partial charge on any atom is 0.262 e. The van der Waals surface area contributed by atoms with Gasteiger partial charge in [0, 0.05) is 38.1 Å². The summed E-state index contributed by atoms with van der Waals surface area (Å²) in [5.41, 5.74) is 1.59. The molecule has 0 spiro atoms. The predicted octanol–water partition coefficient (Wildman–Crippen LogP) is 0.0240. The van der Waals surface area contributed by atoms with Crippen molar-refractivity contribution in [1.82, 2.24) is 20.4 Å². The summed E-state index contributed by atoms with van der Waals surface area (Å²) in [6.45, 7) is 2.51. The van der Waals surface area contributed by atoms with Crippen LogP contribution in [0, 0.1) is 0 Å². The number of nitrogens with one attached hydrogen (secondary N) is 2. The second-order valence-corrected chi connectivity index (χ2v) is 8.05. The molecule has 28 heavy (non-hydrogen) atoms. The Kier molecular flexibility index (Phi) is 4.06. The van der Waals surface area contributed by atoms with Gasteiger partial charge >= 0.3 is 0 Å². The number of imide groups is 2. The lowest BCUT2D eigenvalue weighted by atomic mass is 9.92. The molecule has 2 N–H and O–H groups in total. The molecule has 4 saturated heterocycles. The van der Waals surface area contributed by atoms with Gasteiger partial charge in [0.05, 0.1) is 11.1 Å². The van der Waals surface area contributed by atoms with Crippen LogP contribution in [-0.2, 0) is 16.1 Å². The Hall–Kier alpha value is -2.58. The van der Waals surface area contributed by atoms with Crippen LogP contribution in [0.3, 0.4) is 0 Å². The smallest absolute Gasteiger partial charge is 0.262 e. The number of amides is 4. The van der Waals surface area contributed by atoms with Gasteiger partial charge in [-0.05, 0) is 30.9 Å². The third-order valence-corrected chi connectivity index (χ3v) is 6.39. The zero-order valence-corrected chi connectivity index (χ0v) is 15.4. The van der Waals surface area contributed by atoms with E-state index in [-0.39, 0.29) is 18.7 Å². The third-order valence-electron chi connectivity index (χ3n) is 6.39. The van der Waals surface area contributed by atoms with E-state index in [1.54, 1.807) is 12.1 Å². The van der Waals surface area contributed by atoms with Crippen molar-refractivity contribution in [2.24, 2.45) is 0 Å². The van der Waals surface area contributed by atoms with Crippen LogP contribution in [0.2, 0.25) is 0 Å². The van der Waals surface area contributed by atoms with Crippen LogP contribution < -0.4 is 10.6 Å². The number of piperidine rings is 3. The topological polar surface area (TPSA) is 98.8 Å². The van der Waals surface area contributed by atoms with Crippen LogP contribution in [-0.4, -0.2) is 64.6 Å². The van der Waals surface area contributed by atoms with E-state index in [2.05, 4.69) is 15.5 Å². The van der Waals surface area contributed by atoms with Crippen molar-refractivity contribution in [3.05, 3.63) is 34.9 Å². The SMILES string of the molecule is O=C1CCC(N2C(=O)c3cccc(CN4CC5CCC4CN5)c3C2=O)C(=O)N1. The van der Waals surface area contributed by atoms with Crippen molar-refractivity contribution in [2.75, 3.05) is 13.1 Å². The molecule has 2 bridgehead atoms. The summed E-state index contributed by atoms with van der Waals surface area (Å²) in [6, 6.07) is 5.35. The number of carbonyl (C=O) groups excluding carboxylic acids is 4. The van der Waals surface area contributed by atoms with E-state index in [0.717, 1.165) is 30.0 Å². The first-order chi connectivity index (χ1) is 13.5. The highest BCUT2D eigenvalue weighted by Gasteiger charge is 2.46. The lowest BCUT2D eigenvalue weighted by Crippen LogP contribution is -2.60. The zero-order valence-electron chi connectivity index (χ0n) is 15.4. The van der Waals surface area contributed by atoms with E-state index < -0.39 is 23.8 Å². The molecule has 3 atom stereocenters. The minimum atomic E-state index is -0.923. The van der Waals surface area contributed by atoms with Gasteiger partial charge in [-0.25, -0.2) is 0 Å². The summed E-state index contributed by atoms with van der Waals surface area (Å²) >= 11 is 0. The zero-order chi connectivity index (χ0) is 19.4. The second-order valence-electron chi connectivity index (χ2n) is 8.05. The third kappa shape index (κ3) is 2.67. The van der Waals surface area contributed by atoms with Crippen LogP contribution in [0.5, 0.6) is 0 Å². The molecular weight excluding hydrogens is 360 g/mol. The summed E-state index contributed by atoms with van der Waals surface area (Å²) in [4.78, 5) is 53.2. The maximum absolute atomic E-state index is 13.2. The first kappa shape index (κ1) is 17.5. The van der Waals surface area contributed by atoms with Gasteiger partial charge in [-0.15, -0.1) is 0 Å². The predicted molar refractivity (Wildman–Crippen MR) is 98.3 cm³/mol. The highest BCUT2D eigenvalue weighted by atomic mass is 16.2. The van der Waals surface area contributed by atoms with E-state index in [1.807, 2.05) is 6.07 Å². The van der Waals surface area contributed by atoms with Gasteiger partial charge in [0.2, 0.25) is 11.8 Å². The standard InChI is InChI=1S/C20H22N4O4/c25-16-7-6-15(18(26)22-16)24-19(27)14-3-1-2-11(17(14)20(24)28)9-23-10-12-4-5-13(23)8-21-12/h1-3,12-13,15,21H,4-10H2,(H,22,25,26). The van der Waals surface area contributed by atoms with Gasteiger partial charge in [0.1, 0.15) is 6.04 Å². The molecule has 1 aromatic rings. The Morgan fingerprint density at radius 2 is 1.89 bits per heavy atom. The maximum atomic E-state index is 13.2. The average molecular weight is 382 g/mol. The molecular formula is C20H22N4O4. The van der Waals surface area contributed by atoms with Crippen LogP contribution in [0.15, 0.2) is 18.2 Å². The molecule has 0 aliphatic carbocycles. The van der Waals surface area contributed by atoms with Crippen LogP contribution >= 0.6 is 0 Å².